The summed E-state index contributed by atoms with van der Waals surface area (Å²) in [7, 11) is 0. The van der Waals surface area contributed by atoms with Gasteiger partial charge in [0.15, 0.2) is 0 Å². The number of nitrogens with zero attached hydrogens (tertiary/aromatic N) is 1. The van der Waals surface area contributed by atoms with Crippen LogP contribution in [-0.2, 0) is 0 Å². The summed E-state index contributed by atoms with van der Waals surface area (Å²) < 4.78 is 11.2. The molecule has 1 unspecified atom stereocenters. The summed E-state index contributed by atoms with van der Waals surface area (Å²) in [5.41, 5.74) is -0.495. The topological polar surface area (TPSA) is 54.3 Å². The predicted molar refractivity (Wildman–Crippen MR) is 82.5 cm³/mol. The van der Waals surface area contributed by atoms with Crippen molar-refractivity contribution in [3.63, 3.8) is 0 Å². The number of hydrogen-bond acceptors (Lipinski definition) is 4. The number of rotatable bonds is 9. The lowest BCUT2D eigenvalue weighted by molar-refractivity contribution is 0.265. The van der Waals surface area contributed by atoms with E-state index in [1.165, 1.54) is 12.8 Å². The number of hydrogen-bond donors (Lipinski definition) is 1. The maximum atomic E-state index is 9.29. The highest BCUT2D eigenvalue weighted by Gasteiger charge is 2.32. The molecule has 0 bridgehead atoms. The summed E-state index contributed by atoms with van der Waals surface area (Å²) in [4.78, 5) is 0. The summed E-state index contributed by atoms with van der Waals surface area (Å²) in [5.74, 6) is 1.67. The fraction of sp³-hybridized carbons (Fsp3) is 0.588. The lowest BCUT2D eigenvalue weighted by atomic mass is 10.0. The smallest absolute Gasteiger partial charge is 0.119 e. The van der Waals surface area contributed by atoms with Crippen LogP contribution in [0.1, 0.15) is 39.5 Å². The molecule has 0 amide bonds. The van der Waals surface area contributed by atoms with Crippen molar-refractivity contribution < 1.29 is 9.47 Å². The monoisotopic (exact) mass is 288 g/mol. The highest BCUT2D eigenvalue weighted by molar-refractivity contribution is 5.31. The van der Waals surface area contributed by atoms with Crippen molar-refractivity contribution in [2.24, 2.45) is 0 Å². The van der Waals surface area contributed by atoms with Gasteiger partial charge < -0.3 is 9.47 Å². The molecular weight excluding hydrogens is 264 g/mol. The molecule has 1 fully saturated rings. The summed E-state index contributed by atoms with van der Waals surface area (Å²) in [6, 6.07) is 10.5. The third-order valence-electron chi connectivity index (χ3n) is 3.51. The van der Waals surface area contributed by atoms with Crippen LogP contribution in [0.5, 0.6) is 11.5 Å². The van der Waals surface area contributed by atoms with Crippen LogP contribution in [0.25, 0.3) is 0 Å². The second kappa shape index (κ2) is 7.33. The molecule has 0 spiro atoms. The zero-order chi connectivity index (χ0) is 15.1. The van der Waals surface area contributed by atoms with Crippen LogP contribution in [0.3, 0.4) is 0 Å². The second-order valence-electron chi connectivity index (χ2n) is 5.78. The molecule has 4 nitrogen and oxygen atoms in total. The van der Waals surface area contributed by atoms with Gasteiger partial charge in [0, 0.05) is 12.5 Å². The van der Waals surface area contributed by atoms with E-state index >= 15 is 0 Å². The Kier molecular flexibility index (Phi) is 5.46. The van der Waals surface area contributed by atoms with E-state index in [4.69, 9.17) is 9.47 Å². The molecule has 0 aliphatic heterocycles. The summed E-state index contributed by atoms with van der Waals surface area (Å²) >= 11 is 0. The molecule has 1 aliphatic rings. The first-order valence-electron chi connectivity index (χ1n) is 7.70. The van der Waals surface area contributed by atoms with Crippen molar-refractivity contribution >= 4 is 0 Å². The standard InChI is InChI=1S/C17H24N2O2/c1-3-11-20-15-6-8-16(9-7-15)21-12-10-17(2,13-18)19-14-4-5-14/h6-9,14,19H,3-5,10-12H2,1-2H3. The minimum Gasteiger partial charge on any atom is -0.494 e. The molecule has 1 atom stereocenters. The normalized spacial score (nSPS) is 16.8. The summed E-state index contributed by atoms with van der Waals surface area (Å²) in [6.45, 7) is 5.28. The van der Waals surface area contributed by atoms with Gasteiger partial charge in [0.05, 0.1) is 19.3 Å². The number of benzene rings is 1. The third-order valence-corrected chi connectivity index (χ3v) is 3.51. The van der Waals surface area contributed by atoms with Crippen molar-refractivity contribution in [1.29, 1.82) is 5.26 Å². The first kappa shape index (κ1) is 15.7. The number of nitrogens with one attached hydrogen (secondary N) is 1. The average molecular weight is 288 g/mol. The summed E-state index contributed by atoms with van der Waals surface area (Å²) in [6.07, 6.45) is 4.03. The van der Waals surface area contributed by atoms with Gasteiger partial charge in [-0.15, -0.1) is 0 Å². The van der Waals surface area contributed by atoms with Crippen molar-refractivity contribution in [1.82, 2.24) is 5.32 Å². The van der Waals surface area contributed by atoms with Gasteiger partial charge in [-0.05, 0) is 50.5 Å². The highest BCUT2D eigenvalue weighted by Crippen LogP contribution is 2.24. The van der Waals surface area contributed by atoms with Crippen LogP contribution in [0, 0.1) is 11.3 Å². The molecule has 1 aromatic rings. The lowest BCUT2D eigenvalue weighted by Crippen LogP contribution is -2.43. The largest absolute Gasteiger partial charge is 0.494 e. The molecular formula is C17H24N2O2. The molecule has 2 rings (SSSR count). The van der Waals surface area contributed by atoms with Gasteiger partial charge in [0.1, 0.15) is 17.0 Å². The molecule has 114 valence electrons. The average Bonchev–Trinajstić information content (AvgIpc) is 3.30. The minimum absolute atomic E-state index is 0.495. The van der Waals surface area contributed by atoms with Gasteiger partial charge >= 0.3 is 0 Å². The lowest BCUT2D eigenvalue weighted by Gasteiger charge is -2.23. The van der Waals surface area contributed by atoms with E-state index in [9.17, 15) is 5.26 Å². The van der Waals surface area contributed by atoms with E-state index in [0.717, 1.165) is 24.5 Å². The Hall–Kier alpha value is -1.73. The molecule has 21 heavy (non-hydrogen) atoms. The molecule has 1 saturated carbocycles. The third kappa shape index (κ3) is 5.28. The Morgan fingerprint density at radius 1 is 1.19 bits per heavy atom. The Bertz CT molecular complexity index is 477. The van der Waals surface area contributed by atoms with Crippen LogP contribution < -0.4 is 14.8 Å². The zero-order valence-corrected chi connectivity index (χ0v) is 12.9. The van der Waals surface area contributed by atoms with E-state index in [0.29, 0.717) is 19.1 Å². The van der Waals surface area contributed by atoms with E-state index in [-0.39, 0.29) is 0 Å². The van der Waals surface area contributed by atoms with Gasteiger partial charge in [-0.25, -0.2) is 0 Å². The molecule has 1 aromatic carbocycles. The van der Waals surface area contributed by atoms with Crippen LogP contribution in [0.4, 0.5) is 0 Å². The molecule has 0 heterocycles. The molecule has 0 aromatic heterocycles. The van der Waals surface area contributed by atoms with Crippen LogP contribution in [0.2, 0.25) is 0 Å². The van der Waals surface area contributed by atoms with Crippen LogP contribution in [-0.4, -0.2) is 24.8 Å². The first-order valence-corrected chi connectivity index (χ1v) is 7.70. The summed E-state index contributed by atoms with van der Waals surface area (Å²) in [5, 5.41) is 12.7. The van der Waals surface area contributed by atoms with Crippen molar-refractivity contribution in [2.45, 2.75) is 51.1 Å². The maximum Gasteiger partial charge on any atom is 0.119 e. The Labute approximate surface area is 127 Å². The number of ether oxygens (including phenoxy) is 2. The Morgan fingerprint density at radius 2 is 1.76 bits per heavy atom. The van der Waals surface area contributed by atoms with Crippen molar-refractivity contribution in [3.8, 4) is 17.6 Å². The molecule has 1 N–H and O–H groups in total. The molecule has 0 saturated heterocycles. The van der Waals surface area contributed by atoms with Gasteiger partial charge in [-0.3, -0.25) is 5.32 Å². The van der Waals surface area contributed by atoms with E-state index in [2.05, 4.69) is 18.3 Å². The number of nitriles is 1. The molecule has 4 heteroatoms. The first-order chi connectivity index (χ1) is 10.1. The molecule has 1 aliphatic carbocycles. The predicted octanol–water partition coefficient (Wildman–Crippen LogP) is 3.28. The second-order valence-corrected chi connectivity index (χ2v) is 5.78. The Morgan fingerprint density at radius 3 is 2.24 bits per heavy atom. The highest BCUT2D eigenvalue weighted by atomic mass is 16.5. The fourth-order valence-electron chi connectivity index (χ4n) is 2.06. The molecule has 0 radical (unpaired) electrons. The minimum atomic E-state index is -0.495. The van der Waals surface area contributed by atoms with Gasteiger partial charge in [0.2, 0.25) is 0 Å². The fourth-order valence-corrected chi connectivity index (χ4v) is 2.06. The van der Waals surface area contributed by atoms with Gasteiger partial charge in [0.25, 0.3) is 0 Å². The zero-order valence-electron chi connectivity index (χ0n) is 12.9. The maximum absolute atomic E-state index is 9.29. The van der Waals surface area contributed by atoms with Gasteiger partial charge in [-0.2, -0.15) is 5.26 Å². The quantitative estimate of drug-likeness (QED) is 0.757. The van der Waals surface area contributed by atoms with Gasteiger partial charge in [-0.1, -0.05) is 6.92 Å². The van der Waals surface area contributed by atoms with Crippen molar-refractivity contribution in [3.05, 3.63) is 24.3 Å². The van der Waals surface area contributed by atoms with Crippen LogP contribution in [0.15, 0.2) is 24.3 Å². The van der Waals surface area contributed by atoms with E-state index in [1.54, 1.807) is 0 Å². The van der Waals surface area contributed by atoms with Crippen molar-refractivity contribution in [2.75, 3.05) is 13.2 Å². The van der Waals surface area contributed by atoms with E-state index in [1.807, 2.05) is 31.2 Å². The Balaban J connectivity index is 1.75. The van der Waals surface area contributed by atoms with E-state index < -0.39 is 5.54 Å². The van der Waals surface area contributed by atoms with Crippen LogP contribution >= 0.6 is 0 Å². The SMILES string of the molecule is CCCOc1ccc(OCCC(C)(C#N)NC2CC2)cc1.